The summed E-state index contributed by atoms with van der Waals surface area (Å²) in [7, 11) is 1.65. The number of benzene rings is 3. The van der Waals surface area contributed by atoms with Crippen LogP contribution < -0.4 is 4.74 Å². The van der Waals surface area contributed by atoms with Crippen molar-refractivity contribution in [3.8, 4) is 5.75 Å². The summed E-state index contributed by atoms with van der Waals surface area (Å²) in [5.74, 6) is 0.709. The van der Waals surface area contributed by atoms with E-state index in [-0.39, 0.29) is 0 Å². The summed E-state index contributed by atoms with van der Waals surface area (Å²) >= 11 is 3.54. The number of allylic oxidation sites excluding steroid dienone is 1. The third-order valence-corrected chi connectivity index (χ3v) is 4.54. The van der Waals surface area contributed by atoms with Crippen LogP contribution in [0.1, 0.15) is 5.56 Å². The van der Waals surface area contributed by atoms with Gasteiger partial charge in [0.05, 0.1) is 7.11 Å². The highest BCUT2D eigenvalue weighted by Crippen LogP contribution is 2.37. The van der Waals surface area contributed by atoms with Gasteiger partial charge in [0.15, 0.2) is 0 Å². The quantitative estimate of drug-likeness (QED) is 0.352. The zero-order chi connectivity index (χ0) is 17.9. The van der Waals surface area contributed by atoms with E-state index >= 15 is 0 Å². The number of nitrogens with zero attached hydrogens (tertiary/aromatic N) is 1. The number of rotatable bonds is 4. The van der Waals surface area contributed by atoms with Gasteiger partial charge in [-0.1, -0.05) is 48.5 Å². The fourth-order valence-electron chi connectivity index (χ4n) is 2.88. The van der Waals surface area contributed by atoms with E-state index < -0.39 is 0 Å². The average molecular weight is 406 g/mol. The number of ether oxygens (including phenoxy) is 1. The van der Waals surface area contributed by atoms with Crippen LogP contribution in [-0.2, 0) is 0 Å². The lowest BCUT2D eigenvalue weighted by Crippen LogP contribution is -1.84. The van der Waals surface area contributed by atoms with Crippen LogP contribution in [0, 0.1) is 0 Å². The second kappa shape index (κ2) is 7.18. The molecule has 26 heavy (non-hydrogen) atoms. The lowest BCUT2D eigenvalue weighted by atomic mass is 10.1. The van der Waals surface area contributed by atoms with E-state index in [1.807, 2.05) is 72.8 Å². The van der Waals surface area contributed by atoms with Gasteiger partial charge >= 0.3 is 0 Å². The predicted molar refractivity (Wildman–Crippen MR) is 112 cm³/mol. The number of methoxy groups -OCH3 is 1. The molecular formula is C22H16BrNO2. The Kier molecular flexibility index (Phi) is 4.59. The highest BCUT2D eigenvalue weighted by molar-refractivity contribution is 9.12. The normalized spacial score (nSPS) is 12.3. The molecule has 0 saturated heterocycles. The molecule has 3 aromatic carbocycles. The first-order chi connectivity index (χ1) is 12.7. The molecule has 3 nitrogen and oxygen atoms in total. The van der Waals surface area contributed by atoms with Gasteiger partial charge in [0, 0.05) is 27.5 Å². The maximum Gasteiger partial charge on any atom is 0.145 e. The molecule has 0 N–H and O–H groups in total. The summed E-state index contributed by atoms with van der Waals surface area (Å²) < 4.78 is 12.3. The van der Waals surface area contributed by atoms with Crippen LogP contribution in [0.3, 0.4) is 0 Å². The number of fused-ring (bicyclic) bond motifs is 3. The molecule has 4 rings (SSSR count). The van der Waals surface area contributed by atoms with Gasteiger partial charge in [-0.2, -0.15) is 0 Å². The van der Waals surface area contributed by atoms with Gasteiger partial charge in [0.2, 0.25) is 0 Å². The van der Waals surface area contributed by atoms with Gasteiger partial charge in [0.25, 0.3) is 0 Å². The molecule has 0 radical (unpaired) electrons. The Labute approximate surface area is 159 Å². The van der Waals surface area contributed by atoms with Crippen molar-refractivity contribution in [3.63, 3.8) is 0 Å². The molecule has 0 aliphatic carbocycles. The molecule has 1 aromatic heterocycles. The van der Waals surface area contributed by atoms with Gasteiger partial charge in [-0.25, -0.2) is 0 Å². The summed E-state index contributed by atoms with van der Waals surface area (Å²) in [6.45, 7) is 0. The Bertz CT molecular complexity index is 1130. The molecule has 1 heterocycles. The van der Waals surface area contributed by atoms with Crippen LogP contribution in [-0.4, -0.2) is 13.3 Å². The highest BCUT2D eigenvalue weighted by Gasteiger charge is 2.11. The van der Waals surface area contributed by atoms with Crippen molar-refractivity contribution in [2.75, 3.05) is 7.11 Å². The van der Waals surface area contributed by atoms with Crippen LogP contribution in [0.5, 0.6) is 5.75 Å². The molecule has 0 atom stereocenters. The molecule has 0 spiro atoms. The number of furan rings is 1. The highest BCUT2D eigenvalue weighted by atomic mass is 79.9. The van der Waals surface area contributed by atoms with E-state index in [2.05, 4.69) is 20.9 Å². The SMILES string of the molecule is COc1cc2c(cc1N=CC(Br)=Cc1ccccc1)oc1ccccc12. The Hall–Kier alpha value is -2.85. The molecule has 0 fully saturated rings. The topological polar surface area (TPSA) is 34.7 Å². The van der Waals surface area contributed by atoms with Crippen molar-refractivity contribution in [2.24, 2.45) is 4.99 Å². The van der Waals surface area contributed by atoms with E-state index in [1.54, 1.807) is 13.3 Å². The minimum absolute atomic E-state index is 0.709. The van der Waals surface area contributed by atoms with E-state index in [1.165, 1.54) is 0 Å². The molecule has 0 aliphatic rings. The monoisotopic (exact) mass is 405 g/mol. The Morgan fingerprint density at radius 3 is 2.54 bits per heavy atom. The van der Waals surface area contributed by atoms with Gasteiger partial charge in [0.1, 0.15) is 22.6 Å². The smallest absolute Gasteiger partial charge is 0.145 e. The first-order valence-electron chi connectivity index (χ1n) is 8.20. The fourth-order valence-corrected chi connectivity index (χ4v) is 3.25. The average Bonchev–Trinajstić information content (AvgIpc) is 3.03. The fraction of sp³-hybridized carbons (Fsp3) is 0.0455. The predicted octanol–water partition coefficient (Wildman–Crippen LogP) is 6.73. The lowest BCUT2D eigenvalue weighted by molar-refractivity contribution is 0.416. The van der Waals surface area contributed by atoms with Crippen molar-refractivity contribution < 1.29 is 9.15 Å². The summed E-state index contributed by atoms with van der Waals surface area (Å²) in [5.41, 5.74) is 3.47. The molecule has 128 valence electrons. The van der Waals surface area contributed by atoms with E-state index in [9.17, 15) is 0 Å². The number of halogens is 1. The molecule has 0 saturated carbocycles. The largest absolute Gasteiger partial charge is 0.494 e. The number of hydrogen-bond acceptors (Lipinski definition) is 3. The lowest BCUT2D eigenvalue weighted by Gasteiger charge is -2.04. The minimum Gasteiger partial charge on any atom is -0.494 e. The van der Waals surface area contributed by atoms with Crippen LogP contribution in [0.15, 0.2) is 80.6 Å². The third kappa shape index (κ3) is 3.28. The molecule has 0 amide bonds. The van der Waals surface area contributed by atoms with Gasteiger partial charge in [-0.3, -0.25) is 4.99 Å². The van der Waals surface area contributed by atoms with Gasteiger partial charge < -0.3 is 9.15 Å². The number of para-hydroxylation sites is 1. The number of aliphatic imine (C=N–C) groups is 1. The zero-order valence-corrected chi connectivity index (χ0v) is 15.7. The van der Waals surface area contributed by atoms with E-state index in [0.717, 1.165) is 37.7 Å². The second-order valence-corrected chi connectivity index (χ2v) is 6.73. The second-order valence-electron chi connectivity index (χ2n) is 5.82. The van der Waals surface area contributed by atoms with Crippen molar-refractivity contribution in [1.29, 1.82) is 0 Å². The van der Waals surface area contributed by atoms with Crippen molar-refractivity contribution in [2.45, 2.75) is 0 Å². The summed E-state index contributed by atoms with van der Waals surface area (Å²) in [4.78, 5) is 4.57. The van der Waals surface area contributed by atoms with Crippen LogP contribution in [0.4, 0.5) is 5.69 Å². The van der Waals surface area contributed by atoms with Crippen LogP contribution in [0.25, 0.3) is 28.0 Å². The van der Waals surface area contributed by atoms with Crippen molar-refractivity contribution in [1.82, 2.24) is 0 Å². The van der Waals surface area contributed by atoms with Crippen molar-refractivity contribution >= 4 is 55.8 Å². The number of hydrogen-bond donors (Lipinski definition) is 0. The van der Waals surface area contributed by atoms with Gasteiger partial charge in [-0.05, 0) is 39.7 Å². The summed E-state index contributed by atoms with van der Waals surface area (Å²) in [6, 6.07) is 21.9. The molecule has 4 heteroatoms. The van der Waals surface area contributed by atoms with Crippen LogP contribution in [0.2, 0.25) is 0 Å². The molecular weight excluding hydrogens is 390 g/mol. The molecule has 0 bridgehead atoms. The maximum absolute atomic E-state index is 5.94. The van der Waals surface area contributed by atoms with E-state index in [0.29, 0.717) is 5.75 Å². The molecule has 0 aliphatic heterocycles. The zero-order valence-electron chi connectivity index (χ0n) is 14.1. The maximum atomic E-state index is 5.94. The Balaban J connectivity index is 1.73. The van der Waals surface area contributed by atoms with Gasteiger partial charge in [-0.15, -0.1) is 0 Å². The standard InChI is InChI=1S/C22H16BrNO2/c1-25-22-12-18-17-9-5-6-10-20(17)26-21(18)13-19(22)24-14-16(23)11-15-7-3-2-4-8-15/h2-14H,1H3. The first-order valence-corrected chi connectivity index (χ1v) is 8.99. The first kappa shape index (κ1) is 16.6. The Morgan fingerprint density at radius 1 is 0.962 bits per heavy atom. The Morgan fingerprint density at radius 2 is 1.73 bits per heavy atom. The van der Waals surface area contributed by atoms with Crippen molar-refractivity contribution in [3.05, 3.63) is 76.8 Å². The molecule has 4 aromatic rings. The molecule has 0 unspecified atom stereocenters. The van der Waals surface area contributed by atoms with E-state index in [4.69, 9.17) is 9.15 Å². The summed E-state index contributed by atoms with van der Waals surface area (Å²) in [5, 5.41) is 2.09. The van der Waals surface area contributed by atoms with Crippen LogP contribution >= 0.6 is 15.9 Å². The minimum atomic E-state index is 0.709. The third-order valence-electron chi connectivity index (χ3n) is 4.11. The summed E-state index contributed by atoms with van der Waals surface area (Å²) in [6.07, 6.45) is 3.77.